The van der Waals surface area contributed by atoms with Gasteiger partial charge in [-0.2, -0.15) is 0 Å². The first-order chi connectivity index (χ1) is 11.7. The largest absolute Gasteiger partial charge is 0.481 e. The fourth-order valence-electron chi connectivity index (χ4n) is 2.93. The lowest BCUT2D eigenvalue weighted by atomic mass is 9.81. The first kappa shape index (κ1) is 24.1. The van der Waals surface area contributed by atoms with Gasteiger partial charge < -0.3 is 20.4 Å². The van der Waals surface area contributed by atoms with Crippen LogP contribution in [0.15, 0.2) is 11.6 Å². The summed E-state index contributed by atoms with van der Waals surface area (Å²) in [6, 6.07) is 0. The highest BCUT2D eigenvalue weighted by molar-refractivity contribution is 5.75. The van der Waals surface area contributed by atoms with Crippen molar-refractivity contribution < 1.29 is 25.2 Å². The Morgan fingerprint density at radius 3 is 2.08 bits per heavy atom. The number of aliphatic carboxylic acids is 1. The smallest absolute Gasteiger partial charge is 0.317 e. The highest BCUT2D eigenvalue weighted by atomic mass is 16.4. The minimum atomic E-state index is -1.90. The van der Waals surface area contributed by atoms with Gasteiger partial charge in [0.25, 0.3) is 0 Å². The molecule has 0 aromatic carbocycles. The van der Waals surface area contributed by atoms with Crippen molar-refractivity contribution in [3.8, 4) is 0 Å². The third kappa shape index (κ3) is 8.84. The molecule has 0 rings (SSSR count). The monoisotopic (exact) mass is 358 g/mol. The average molecular weight is 359 g/mol. The zero-order chi connectivity index (χ0) is 19.5. The maximum absolute atomic E-state index is 11.2. The summed E-state index contributed by atoms with van der Waals surface area (Å²) in [5, 5.41) is 37.8. The molecule has 5 heteroatoms. The molecule has 0 spiro atoms. The van der Waals surface area contributed by atoms with Gasteiger partial charge in [0, 0.05) is 0 Å². The van der Waals surface area contributed by atoms with Crippen molar-refractivity contribution in [1.29, 1.82) is 0 Å². The summed E-state index contributed by atoms with van der Waals surface area (Å²) in [5.41, 5.74) is -0.801. The summed E-state index contributed by atoms with van der Waals surface area (Å²) in [6.45, 7) is 7.17. The van der Waals surface area contributed by atoms with Crippen molar-refractivity contribution in [2.75, 3.05) is 13.2 Å². The predicted molar refractivity (Wildman–Crippen MR) is 100 cm³/mol. The van der Waals surface area contributed by atoms with Gasteiger partial charge in [-0.3, -0.25) is 4.79 Å². The van der Waals surface area contributed by atoms with Crippen LogP contribution in [0.3, 0.4) is 0 Å². The van der Waals surface area contributed by atoms with E-state index in [2.05, 4.69) is 20.8 Å². The molecule has 0 fully saturated rings. The van der Waals surface area contributed by atoms with E-state index in [1.807, 2.05) is 13.0 Å². The van der Waals surface area contributed by atoms with Crippen molar-refractivity contribution >= 4 is 5.97 Å². The summed E-state index contributed by atoms with van der Waals surface area (Å²) >= 11 is 0. The normalized spacial score (nSPS) is 15.4. The molecule has 0 heterocycles. The third-order valence-corrected chi connectivity index (χ3v) is 5.06. The molecule has 0 aromatic rings. The van der Waals surface area contributed by atoms with Crippen LogP contribution in [-0.2, 0) is 4.79 Å². The number of aliphatic hydroxyl groups excluding tert-OH is 3. The number of rotatable bonds is 14. The van der Waals surface area contributed by atoms with Crippen LogP contribution >= 0.6 is 0 Å². The predicted octanol–water partition coefficient (Wildman–Crippen LogP) is 3.37. The average Bonchev–Trinajstić information content (AvgIpc) is 2.54. The number of hydrogen-bond donors (Lipinski definition) is 4. The van der Waals surface area contributed by atoms with E-state index in [4.69, 9.17) is 5.11 Å². The van der Waals surface area contributed by atoms with Crippen molar-refractivity contribution in [3.05, 3.63) is 11.6 Å². The Bertz CT molecular complexity index is 399. The lowest BCUT2D eigenvalue weighted by Crippen LogP contribution is -2.48. The summed E-state index contributed by atoms with van der Waals surface area (Å²) in [7, 11) is 0. The highest BCUT2D eigenvalue weighted by Gasteiger charge is 2.44. The van der Waals surface area contributed by atoms with Gasteiger partial charge in [-0.05, 0) is 38.0 Å². The molecule has 0 amide bonds. The lowest BCUT2D eigenvalue weighted by molar-refractivity contribution is -0.165. The van der Waals surface area contributed by atoms with Gasteiger partial charge in [0.05, 0.1) is 19.3 Å². The molecule has 0 saturated carbocycles. The first-order valence-electron chi connectivity index (χ1n) is 9.48. The molecular weight excluding hydrogens is 320 g/mol. The van der Waals surface area contributed by atoms with Crippen molar-refractivity contribution in [2.24, 2.45) is 17.3 Å². The zero-order valence-corrected chi connectivity index (χ0v) is 16.4. The molecule has 0 aliphatic carbocycles. The van der Waals surface area contributed by atoms with Gasteiger partial charge >= 0.3 is 5.97 Å². The highest BCUT2D eigenvalue weighted by Crippen LogP contribution is 2.25. The molecule has 0 radical (unpaired) electrons. The Morgan fingerprint density at radius 1 is 1.04 bits per heavy atom. The standard InChI is InChI=1S/C20H38O5/c1-15(2)7-5-8-16(3)9-6-10-17(4)11-12-18(23)20(13-21,14-22)19(24)25/h11,15-16,18,21-23H,5-10,12-14H2,1-4H3,(H,24,25). The summed E-state index contributed by atoms with van der Waals surface area (Å²) in [4.78, 5) is 11.2. The molecule has 0 bridgehead atoms. The number of carbonyl (C=O) groups is 1. The number of allylic oxidation sites excluding steroid dienone is 1. The maximum Gasteiger partial charge on any atom is 0.317 e. The molecule has 5 nitrogen and oxygen atoms in total. The fourth-order valence-corrected chi connectivity index (χ4v) is 2.93. The third-order valence-electron chi connectivity index (χ3n) is 5.06. The molecule has 0 aromatic heterocycles. The van der Waals surface area contributed by atoms with E-state index in [1.54, 1.807) is 0 Å². The number of hydrogen-bond acceptors (Lipinski definition) is 4. The summed E-state index contributed by atoms with van der Waals surface area (Å²) in [6.07, 6.45) is 7.59. The van der Waals surface area contributed by atoms with E-state index in [9.17, 15) is 20.1 Å². The Labute approximate surface area is 152 Å². The van der Waals surface area contributed by atoms with Crippen LogP contribution in [0.5, 0.6) is 0 Å². The van der Waals surface area contributed by atoms with Gasteiger partial charge in [-0.1, -0.05) is 58.1 Å². The van der Waals surface area contributed by atoms with Crippen molar-refractivity contribution in [2.45, 2.75) is 78.7 Å². The summed E-state index contributed by atoms with van der Waals surface area (Å²) in [5.74, 6) is 0.0893. The molecule has 0 aliphatic heterocycles. The second-order valence-electron chi connectivity index (χ2n) is 7.90. The Kier molecular flexibility index (Phi) is 12.0. The molecule has 148 valence electrons. The molecule has 0 aliphatic rings. The Hall–Kier alpha value is -0.910. The van der Waals surface area contributed by atoms with E-state index >= 15 is 0 Å². The SMILES string of the molecule is CC(=CCC(O)C(CO)(CO)C(=O)O)CCCC(C)CCCC(C)C. The molecule has 25 heavy (non-hydrogen) atoms. The van der Waals surface area contributed by atoms with Crippen molar-refractivity contribution in [1.82, 2.24) is 0 Å². The van der Waals surface area contributed by atoms with E-state index in [0.717, 1.165) is 30.8 Å². The Morgan fingerprint density at radius 2 is 1.60 bits per heavy atom. The van der Waals surface area contributed by atoms with Crippen LogP contribution in [0, 0.1) is 17.3 Å². The van der Waals surface area contributed by atoms with E-state index < -0.39 is 30.7 Å². The topological polar surface area (TPSA) is 98.0 Å². The lowest BCUT2D eigenvalue weighted by Gasteiger charge is -2.29. The Balaban J connectivity index is 4.26. The van der Waals surface area contributed by atoms with Crippen LogP contribution in [0.1, 0.15) is 72.6 Å². The van der Waals surface area contributed by atoms with Gasteiger partial charge in [0.15, 0.2) is 0 Å². The molecular formula is C20H38O5. The molecule has 4 N–H and O–H groups in total. The maximum atomic E-state index is 11.2. The fraction of sp³-hybridized carbons (Fsp3) is 0.850. The number of aliphatic hydroxyl groups is 3. The summed E-state index contributed by atoms with van der Waals surface area (Å²) < 4.78 is 0. The second kappa shape index (κ2) is 12.4. The minimum Gasteiger partial charge on any atom is -0.481 e. The number of carboxylic acid groups (broad SMARTS) is 1. The van der Waals surface area contributed by atoms with Crippen molar-refractivity contribution in [3.63, 3.8) is 0 Å². The molecule has 2 unspecified atom stereocenters. The van der Waals surface area contributed by atoms with Crippen LogP contribution in [0.2, 0.25) is 0 Å². The zero-order valence-electron chi connectivity index (χ0n) is 16.4. The molecule has 2 atom stereocenters. The second-order valence-corrected chi connectivity index (χ2v) is 7.90. The van der Waals surface area contributed by atoms with Crippen LogP contribution in [-0.4, -0.2) is 45.7 Å². The number of carboxylic acids is 1. The first-order valence-corrected chi connectivity index (χ1v) is 9.48. The van der Waals surface area contributed by atoms with E-state index in [1.165, 1.54) is 19.3 Å². The molecule has 0 saturated heterocycles. The quantitative estimate of drug-likeness (QED) is 0.357. The van der Waals surface area contributed by atoms with Gasteiger partial charge in [0.2, 0.25) is 0 Å². The van der Waals surface area contributed by atoms with E-state index in [-0.39, 0.29) is 6.42 Å². The van der Waals surface area contributed by atoms with Gasteiger partial charge in [-0.15, -0.1) is 0 Å². The van der Waals surface area contributed by atoms with Gasteiger partial charge in [-0.25, -0.2) is 0 Å². The van der Waals surface area contributed by atoms with Crippen LogP contribution in [0.25, 0.3) is 0 Å². The minimum absolute atomic E-state index is 0.114. The van der Waals surface area contributed by atoms with Crippen LogP contribution in [0.4, 0.5) is 0 Å². The van der Waals surface area contributed by atoms with Gasteiger partial charge in [0.1, 0.15) is 5.41 Å². The van der Waals surface area contributed by atoms with Crippen LogP contribution < -0.4 is 0 Å². The van der Waals surface area contributed by atoms with E-state index in [0.29, 0.717) is 5.92 Å².